The molecule has 2 saturated carbocycles. The molecule has 3 rings (SSSR count). The fourth-order valence-electron chi connectivity index (χ4n) is 6.57. The third kappa shape index (κ3) is 4.80. The van der Waals surface area contributed by atoms with Crippen molar-refractivity contribution in [1.82, 2.24) is 0 Å². The summed E-state index contributed by atoms with van der Waals surface area (Å²) in [6, 6.07) is 6.03. The quantitative estimate of drug-likeness (QED) is 0.509. The Labute approximate surface area is 178 Å². The number of rotatable bonds is 8. The molecule has 0 unspecified atom stereocenters. The molecule has 29 heavy (non-hydrogen) atoms. The first-order chi connectivity index (χ1) is 13.9. The molecular formula is C27H42O2. The predicted molar refractivity (Wildman–Crippen MR) is 122 cm³/mol. The number of benzene rings is 1. The Balaban J connectivity index is 1.81. The molecule has 0 radical (unpaired) electrons. The van der Waals surface area contributed by atoms with Crippen LogP contribution in [0.1, 0.15) is 95.8 Å². The van der Waals surface area contributed by atoms with Crippen molar-refractivity contribution in [3.63, 3.8) is 0 Å². The van der Waals surface area contributed by atoms with Crippen LogP contribution in [0.5, 0.6) is 0 Å². The number of hydrogen-bond donors (Lipinski definition) is 2. The molecule has 1 aromatic rings. The van der Waals surface area contributed by atoms with E-state index in [1.807, 2.05) is 12.1 Å². The van der Waals surface area contributed by atoms with Crippen molar-refractivity contribution in [2.45, 2.75) is 92.3 Å². The highest BCUT2D eigenvalue weighted by Gasteiger charge is 2.50. The van der Waals surface area contributed by atoms with Gasteiger partial charge in [-0.1, -0.05) is 76.8 Å². The zero-order chi connectivity index (χ0) is 21.0. The van der Waals surface area contributed by atoms with Crippen molar-refractivity contribution in [3.05, 3.63) is 40.5 Å². The van der Waals surface area contributed by atoms with Gasteiger partial charge in [0.15, 0.2) is 0 Å². The number of allylic oxidation sites excluding steroid dienone is 1. The Kier molecular flexibility index (Phi) is 7.62. The second-order valence-corrected chi connectivity index (χ2v) is 10.4. The maximum atomic E-state index is 9.89. The normalized spacial score (nSPS) is 29.4. The molecule has 0 amide bonds. The minimum atomic E-state index is -0.00990. The number of hydrogen-bond acceptors (Lipinski definition) is 2. The predicted octanol–water partition coefficient (Wildman–Crippen LogP) is 6.73. The van der Waals surface area contributed by atoms with Gasteiger partial charge in [-0.3, -0.25) is 0 Å². The van der Waals surface area contributed by atoms with E-state index in [9.17, 15) is 10.2 Å². The molecule has 2 fully saturated rings. The summed E-state index contributed by atoms with van der Waals surface area (Å²) in [5.74, 6) is 3.14. The van der Waals surface area contributed by atoms with Gasteiger partial charge in [0.05, 0.1) is 13.2 Å². The summed E-state index contributed by atoms with van der Waals surface area (Å²) in [5, 5.41) is 19.5. The molecule has 0 saturated heterocycles. The molecule has 0 aliphatic heterocycles. The van der Waals surface area contributed by atoms with E-state index in [0.29, 0.717) is 11.3 Å². The fraction of sp³-hybridized carbons (Fsp3) is 0.704. The van der Waals surface area contributed by atoms with E-state index >= 15 is 0 Å². The first kappa shape index (κ1) is 22.6. The van der Waals surface area contributed by atoms with E-state index in [2.05, 4.69) is 39.8 Å². The van der Waals surface area contributed by atoms with Crippen LogP contribution in [0.3, 0.4) is 0 Å². The topological polar surface area (TPSA) is 40.5 Å². The van der Waals surface area contributed by atoms with Gasteiger partial charge in [0.25, 0.3) is 0 Å². The summed E-state index contributed by atoms with van der Waals surface area (Å²) in [7, 11) is 0. The summed E-state index contributed by atoms with van der Waals surface area (Å²) in [4.78, 5) is 0. The second-order valence-electron chi connectivity index (χ2n) is 10.4. The van der Waals surface area contributed by atoms with Crippen LogP contribution in [0.25, 0.3) is 6.08 Å². The van der Waals surface area contributed by atoms with Gasteiger partial charge in [-0.2, -0.15) is 0 Å². The van der Waals surface area contributed by atoms with Crippen LogP contribution < -0.4 is 0 Å². The van der Waals surface area contributed by atoms with Crippen LogP contribution in [0.4, 0.5) is 0 Å². The molecule has 2 nitrogen and oxygen atoms in total. The van der Waals surface area contributed by atoms with Crippen molar-refractivity contribution >= 4 is 6.08 Å². The smallest absolute Gasteiger partial charge is 0.0691 e. The lowest BCUT2D eigenvalue weighted by atomic mass is 9.60. The molecule has 0 heterocycles. The standard InChI is InChI=1S/C27H42O2/c1-19(2)8-5-9-20(3)25-13-14-26-22(12-7-15-27(25,26)4)16-21-10-6-11-23(17-28)24(21)18-29/h6,10-11,16,19-20,25-26,28-29H,5,7-9,12-15,17-18H2,1-4H3/b22-16+/t20-,25-,26+,27-/m1/s1. The van der Waals surface area contributed by atoms with Crippen LogP contribution in [-0.2, 0) is 13.2 Å². The minimum Gasteiger partial charge on any atom is -0.392 e. The Bertz CT molecular complexity index is 704. The number of fused-ring (bicyclic) bond motifs is 1. The first-order valence-electron chi connectivity index (χ1n) is 11.9. The van der Waals surface area contributed by atoms with Crippen LogP contribution in [-0.4, -0.2) is 10.2 Å². The lowest BCUT2D eigenvalue weighted by molar-refractivity contribution is 0.0935. The zero-order valence-electron chi connectivity index (χ0n) is 19.1. The Morgan fingerprint density at radius 2 is 1.90 bits per heavy atom. The highest BCUT2D eigenvalue weighted by Crippen LogP contribution is 2.60. The van der Waals surface area contributed by atoms with Gasteiger partial charge in [-0.05, 0) is 77.9 Å². The number of aliphatic hydroxyl groups excluding tert-OH is 2. The fourth-order valence-corrected chi connectivity index (χ4v) is 6.57. The number of aliphatic hydroxyl groups is 2. The molecular weight excluding hydrogens is 356 g/mol. The molecule has 2 aliphatic carbocycles. The SMILES string of the molecule is CC(C)CCC[C@@H](C)[C@H]1CC[C@H]2/C(=C/c3cccc(CO)c3CO)CCC[C@]12C. The van der Waals surface area contributed by atoms with Gasteiger partial charge < -0.3 is 10.2 Å². The molecule has 162 valence electrons. The third-order valence-electron chi connectivity index (χ3n) is 8.14. The molecule has 4 atom stereocenters. The van der Waals surface area contributed by atoms with E-state index in [-0.39, 0.29) is 13.2 Å². The Morgan fingerprint density at radius 1 is 1.10 bits per heavy atom. The second kappa shape index (κ2) is 9.79. The molecule has 0 aromatic heterocycles. The van der Waals surface area contributed by atoms with Gasteiger partial charge in [-0.15, -0.1) is 0 Å². The van der Waals surface area contributed by atoms with Crippen molar-refractivity contribution in [2.75, 3.05) is 0 Å². The van der Waals surface area contributed by atoms with Gasteiger partial charge in [0, 0.05) is 0 Å². The molecule has 2 N–H and O–H groups in total. The maximum Gasteiger partial charge on any atom is 0.0691 e. The maximum absolute atomic E-state index is 9.89. The van der Waals surface area contributed by atoms with Crippen molar-refractivity contribution in [3.8, 4) is 0 Å². The Hall–Kier alpha value is -1.12. The monoisotopic (exact) mass is 398 g/mol. The Morgan fingerprint density at radius 3 is 2.59 bits per heavy atom. The lowest BCUT2D eigenvalue weighted by Gasteiger charge is -2.44. The molecule has 2 heteroatoms. The van der Waals surface area contributed by atoms with E-state index in [4.69, 9.17) is 0 Å². The van der Waals surface area contributed by atoms with Crippen molar-refractivity contribution < 1.29 is 10.2 Å². The van der Waals surface area contributed by atoms with Crippen LogP contribution >= 0.6 is 0 Å². The van der Waals surface area contributed by atoms with Gasteiger partial charge in [0.2, 0.25) is 0 Å². The van der Waals surface area contributed by atoms with Gasteiger partial charge in [0.1, 0.15) is 0 Å². The van der Waals surface area contributed by atoms with Gasteiger partial charge >= 0.3 is 0 Å². The van der Waals surface area contributed by atoms with Crippen molar-refractivity contribution in [1.29, 1.82) is 0 Å². The van der Waals surface area contributed by atoms with Crippen molar-refractivity contribution in [2.24, 2.45) is 29.1 Å². The summed E-state index contributed by atoms with van der Waals surface area (Å²) in [6.07, 6.45) is 13.0. The summed E-state index contributed by atoms with van der Waals surface area (Å²) < 4.78 is 0. The highest BCUT2D eigenvalue weighted by atomic mass is 16.3. The lowest BCUT2D eigenvalue weighted by Crippen LogP contribution is -2.36. The third-order valence-corrected chi connectivity index (χ3v) is 8.14. The molecule has 0 spiro atoms. The van der Waals surface area contributed by atoms with Crippen LogP contribution in [0.15, 0.2) is 23.8 Å². The average Bonchev–Trinajstić information content (AvgIpc) is 3.05. The summed E-state index contributed by atoms with van der Waals surface area (Å²) in [5.41, 5.74) is 4.86. The molecule has 2 aliphatic rings. The van der Waals surface area contributed by atoms with E-state index in [1.165, 1.54) is 51.4 Å². The summed E-state index contributed by atoms with van der Waals surface area (Å²) in [6.45, 7) is 9.73. The van der Waals surface area contributed by atoms with Gasteiger partial charge in [-0.25, -0.2) is 0 Å². The largest absolute Gasteiger partial charge is 0.392 e. The first-order valence-corrected chi connectivity index (χ1v) is 11.9. The van der Waals surface area contributed by atoms with E-state index in [0.717, 1.165) is 34.4 Å². The van der Waals surface area contributed by atoms with Crippen LogP contribution in [0, 0.1) is 29.1 Å². The minimum absolute atomic E-state index is 0.00666. The van der Waals surface area contributed by atoms with E-state index < -0.39 is 0 Å². The summed E-state index contributed by atoms with van der Waals surface area (Å²) >= 11 is 0. The average molecular weight is 399 g/mol. The molecule has 1 aromatic carbocycles. The zero-order valence-corrected chi connectivity index (χ0v) is 19.1. The van der Waals surface area contributed by atoms with E-state index in [1.54, 1.807) is 5.57 Å². The highest BCUT2D eigenvalue weighted by molar-refractivity contribution is 5.59. The molecule has 0 bridgehead atoms. The van der Waals surface area contributed by atoms with Crippen LogP contribution in [0.2, 0.25) is 0 Å².